The summed E-state index contributed by atoms with van der Waals surface area (Å²) < 4.78 is 6.07. The van der Waals surface area contributed by atoms with Crippen molar-refractivity contribution in [3.63, 3.8) is 0 Å². The number of benzene rings is 1. The molecule has 0 amide bonds. The number of rotatable bonds is 6. The Morgan fingerprint density at radius 3 is 2.57 bits per heavy atom. The van der Waals surface area contributed by atoms with E-state index in [-0.39, 0.29) is 0 Å². The second-order valence-electron chi connectivity index (χ2n) is 9.51. The third-order valence-corrected chi connectivity index (χ3v) is 5.35. The first-order valence-corrected chi connectivity index (χ1v) is 10.7. The number of pyridine rings is 1. The number of aryl methyl sites for hydroxylation is 1. The Labute approximate surface area is 179 Å². The molecule has 0 bridgehead atoms. The second kappa shape index (κ2) is 8.86. The molecular formula is C25H34N2O3. The molecule has 0 radical (unpaired) electrons. The minimum absolute atomic E-state index is 0.573. The third kappa shape index (κ3) is 5.08. The Morgan fingerprint density at radius 2 is 2.00 bits per heavy atom. The highest BCUT2D eigenvalue weighted by Gasteiger charge is 2.32. The van der Waals surface area contributed by atoms with Crippen molar-refractivity contribution in [3.05, 3.63) is 46.7 Å². The van der Waals surface area contributed by atoms with E-state index in [1.54, 1.807) is 0 Å². The van der Waals surface area contributed by atoms with E-state index in [1.165, 1.54) is 12.0 Å². The van der Waals surface area contributed by atoms with Gasteiger partial charge in [-0.25, -0.2) is 4.79 Å². The smallest absolute Gasteiger partial charge is 0.337 e. The van der Waals surface area contributed by atoms with Crippen molar-refractivity contribution in [1.29, 1.82) is 0 Å². The second-order valence-corrected chi connectivity index (χ2v) is 9.51. The number of aromatic nitrogens is 1. The molecule has 0 spiro atoms. The molecular weight excluding hydrogens is 376 g/mol. The predicted molar refractivity (Wildman–Crippen MR) is 122 cm³/mol. The molecule has 1 unspecified atom stereocenters. The third-order valence-electron chi connectivity index (χ3n) is 5.35. The van der Waals surface area contributed by atoms with Crippen LogP contribution in [-0.2, 0) is 16.1 Å². The minimum Gasteiger partial charge on any atom is -0.479 e. The Balaban J connectivity index is 2.28. The number of carboxylic acid groups (broad SMARTS) is 1. The summed E-state index contributed by atoms with van der Waals surface area (Å²) in [5.74, 6) is -0.956. The number of carboxylic acids is 1. The van der Waals surface area contributed by atoms with Gasteiger partial charge in [-0.3, -0.25) is 4.98 Å². The maximum atomic E-state index is 12.3. The van der Waals surface area contributed by atoms with Gasteiger partial charge < -0.3 is 14.7 Å². The van der Waals surface area contributed by atoms with Crippen molar-refractivity contribution in [1.82, 2.24) is 9.88 Å². The topological polar surface area (TPSA) is 62.7 Å². The molecule has 30 heavy (non-hydrogen) atoms. The zero-order valence-electron chi connectivity index (χ0n) is 19.1. The highest BCUT2D eigenvalue weighted by Crippen LogP contribution is 2.40. The SMILES string of the molecule is Cc1cc2nc(CN(C)C)ccc2c(C2=CCCCC2)c1C(OC(C)(C)C)C(=O)O. The number of ether oxygens (including phenoxy) is 1. The Hall–Kier alpha value is -2.24. The van der Waals surface area contributed by atoms with E-state index in [0.717, 1.165) is 59.1 Å². The summed E-state index contributed by atoms with van der Waals surface area (Å²) in [4.78, 5) is 19.3. The van der Waals surface area contributed by atoms with Gasteiger partial charge in [-0.2, -0.15) is 0 Å². The molecule has 0 aliphatic heterocycles. The van der Waals surface area contributed by atoms with Gasteiger partial charge in [0.05, 0.1) is 16.8 Å². The van der Waals surface area contributed by atoms with Crippen LogP contribution in [0.5, 0.6) is 0 Å². The monoisotopic (exact) mass is 410 g/mol. The lowest BCUT2D eigenvalue weighted by Crippen LogP contribution is -2.28. The van der Waals surface area contributed by atoms with Crippen LogP contribution in [0.3, 0.4) is 0 Å². The van der Waals surface area contributed by atoms with Gasteiger partial charge in [0.1, 0.15) is 0 Å². The molecule has 1 aliphatic carbocycles. The van der Waals surface area contributed by atoms with Crippen LogP contribution < -0.4 is 0 Å². The number of carbonyl (C=O) groups is 1. The summed E-state index contributed by atoms with van der Waals surface area (Å²) in [5.41, 5.74) is 5.24. The van der Waals surface area contributed by atoms with E-state index in [0.29, 0.717) is 0 Å². The Morgan fingerprint density at radius 1 is 1.27 bits per heavy atom. The minimum atomic E-state index is -1.02. The molecule has 0 saturated heterocycles. The molecule has 1 N–H and O–H groups in total. The van der Waals surface area contributed by atoms with Crippen molar-refractivity contribution < 1.29 is 14.6 Å². The van der Waals surface area contributed by atoms with Gasteiger partial charge in [0.2, 0.25) is 0 Å². The van der Waals surface area contributed by atoms with Crippen molar-refractivity contribution in [2.75, 3.05) is 14.1 Å². The zero-order chi connectivity index (χ0) is 22.1. The molecule has 1 heterocycles. The maximum absolute atomic E-state index is 12.3. The molecule has 3 rings (SSSR count). The summed E-state index contributed by atoms with van der Waals surface area (Å²) in [5, 5.41) is 11.1. The van der Waals surface area contributed by atoms with Crippen molar-refractivity contribution in [2.45, 2.75) is 71.6 Å². The van der Waals surface area contributed by atoms with E-state index in [1.807, 2.05) is 47.9 Å². The predicted octanol–water partition coefficient (Wildman–Crippen LogP) is 5.50. The van der Waals surface area contributed by atoms with Crippen LogP contribution >= 0.6 is 0 Å². The summed E-state index contributed by atoms with van der Waals surface area (Å²) in [6, 6.07) is 6.16. The first-order chi connectivity index (χ1) is 14.1. The number of allylic oxidation sites excluding steroid dienone is 2. The molecule has 0 fully saturated rings. The van der Waals surface area contributed by atoms with Crippen LogP contribution in [0.25, 0.3) is 16.5 Å². The largest absolute Gasteiger partial charge is 0.479 e. The molecule has 162 valence electrons. The summed E-state index contributed by atoms with van der Waals surface area (Å²) in [6.45, 7) is 8.43. The molecule has 0 saturated carbocycles. The Kier molecular flexibility index (Phi) is 6.63. The Bertz CT molecular complexity index is 970. The standard InChI is InChI=1S/C25H34N2O3/c1-16-14-20-19(13-12-18(26-20)15-27(5)6)22(17-10-8-7-9-11-17)21(16)23(24(28)29)30-25(2,3)4/h10,12-14,23H,7-9,11,15H2,1-6H3,(H,28,29). The van der Waals surface area contributed by atoms with Gasteiger partial charge in [-0.05, 0) is 96.3 Å². The van der Waals surface area contributed by atoms with E-state index >= 15 is 0 Å². The first kappa shape index (κ1) is 22.4. The van der Waals surface area contributed by atoms with Crippen LogP contribution in [0, 0.1) is 6.92 Å². The van der Waals surface area contributed by atoms with E-state index < -0.39 is 17.7 Å². The number of aliphatic carboxylic acids is 1. The molecule has 1 aromatic heterocycles. The number of hydrogen-bond acceptors (Lipinski definition) is 4. The normalized spacial score (nSPS) is 16.0. The average molecular weight is 411 g/mol. The lowest BCUT2D eigenvalue weighted by molar-refractivity contribution is -0.160. The summed E-state index contributed by atoms with van der Waals surface area (Å²) >= 11 is 0. The fourth-order valence-corrected chi connectivity index (χ4v) is 4.21. The average Bonchev–Trinajstić information content (AvgIpc) is 2.64. The maximum Gasteiger partial charge on any atom is 0.337 e. The highest BCUT2D eigenvalue weighted by atomic mass is 16.5. The van der Waals surface area contributed by atoms with Crippen LogP contribution in [-0.4, -0.2) is 40.7 Å². The van der Waals surface area contributed by atoms with E-state index in [2.05, 4.69) is 23.1 Å². The van der Waals surface area contributed by atoms with Crippen LogP contribution in [0.15, 0.2) is 24.3 Å². The highest BCUT2D eigenvalue weighted by molar-refractivity contribution is 5.96. The fraction of sp³-hybridized carbons (Fsp3) is 0.520. The molecule has 1 aliphatic rings. The van der Waals surface area contributed by atoms with Gasteiger partial charge in [0, 0.05) is 17.5 Å². The molecule has 2 aromatic rings. The van der Waals surface area contributed by atoms with Crippen molar-refractivity contribution >= 4 is 22.4 Å². The summed E-state index contributed by atoms with van der Waals surface area (Å²) in [7, 11) is 4.06. The molecule has 1 aromatic carbocycles. The van der Waals surface area contributed by atoms with Crippen LogP contribution in [0.1, 0.15) is 74.9 Å². The van der Waals surface area contributed by atoms with Crippen LogP contribution in [0.4, 0.5) is 0 Å². The van der Waals surface area contributed by atoms with Gasteiger partial charge in [-0.1, -0.05) is 12.1 Å². The molecule has 5 nitrogen and oxygen atoms in total. The zero-order valence-corrected chi connectivity index (χ0v) is 19.1. The lowest BCUT2D eigenvalue weighted by Gasteiger charge is -2.29. The molecule has 5 heteroatoms. The van der Waals surface area contributed by atoms with Gasteiger partial charge >= 0.3 is 5.97 Å². The number of nitrogens with zero attached hydrogens (tertiary/aromatic N) is 2. The van der Waals surface area contributed by atoms with Gasteiger partial charge in [0.25, 0.3) is 0 Å². The first-order valence-electron chi connectivity index (χ1n) is 10.7. The van der Waals surface area contributed by atoms with Gasteiger partial charge in [-0.15, -0.1) is 0 Å². The van der Waals surface area contributed by atoms with Crippen molar-refractivity contribution in [3.8, 4) is 0 Å². The quantitative estimate of drug-likeness (QED) is 0.681. The van der Waals surface area contributed by atoms with Crippen molar-refractivity contribution in [2.24, 2.45) is 0 Å². The summed E-state index contributed by atoms with van der Waals surface area (Å²) in [6.07, 6.45) is 5.51. The van der Waals surface area contributed by atoms with Crippen LogP contribution in [0.2, 0.25) is 0 Å². The van der Waals surface area contributed by atoms with E-state index in [9.17, 15) is 9.90 Å². The molecule has 1 atom stereocenters. The number of fused-ring (bicyclic) bond motifs is 1. The lowest BCUT2D eigenvalue weighted by atomic mass is 9.84. The number of hydrogen-bond donors (Lipinski definition) is 1. The van der Waals surface area contributed by atoms with Gasteiger partial charge in [0.15, 0.2) is 6.10 Å². The fourth-order valence-electron chi connectivity index (χ4n) is 4.21. The van der Waals surface area contributed by atoms with E-state index in [4.69, 9.17) is 9.72 Å².